The molecule has 80 valence electrons. The van der Waals surface area contributed by atoms with Gasteiger partial charge < -0.3 is 4.74 Å². The molecule has 1 aromatic rings. The normalized spacial score (nSPS) is 9.80. The standard InChI is InChI=1S/C8H5ClFNO4/c1-15-8(12)4-2-7(11(13)14)5(9)3-6(4)10/h2-3H,1H3. The van der Waals surface area contributed by atoms with Gasteiger partial charge in [0.05, 0.1) is 12.0 Å². The topological polar surface area (TPSA) is 69.4 Å². The van der Waals surface area contributed by atoms with E-state index in [-0.39, 0.29) is 5.02 Å². The molecule has 0 spiro atoms. The van der Waals surface area contributed by atoms with Crippen molar-refractivity contribution in [1.29, 1.82) is 0 Å². The van der Waals surface area contributed by atoms with Gasteiger partial charge in [0.1, 0.15) is 16.4 Å². The first kappa shape index (κ1) is 11.4. The molecule has 0 saturated heterocycles. The lowest BCUT2D eigenvalue weighted by atomic mass is 10.2. The molecular weight excluding hydrogens is 229 g/mol. The van der Waals surface area contributed by atoms with Crippen LogP contribution in [0.25, 0.3) is 0 Å². The zero-order valence-electron chi connectivity index (χ0n) is 7.49. The molecule has 0 aromatic heterocycles. The van der Waals surface area contributed by atoms with E-state index in [9.17, 15) is 19.3 Å². The molecule has 0 aliphatic rings. The summed E-state index contributed by atoms with van der Waals surface area (Å²) in [5.74, 6) is -1.95. The highest BCUT2D eigenvalue weighted by Crippen LogP contribution is 2.27. The molecule has 0 aliphatic carbocycles. The van der Waals surface area contributed by atoms with Crippen LogP contribution in [0.1, 0.15) is 10.4 Å². The lowest BCUT2D eigenvalue weighted by molar-refractivity contribution is -0.384. The Morgan fingerprint density at radius 1 is 1.60 bits per heavy atom. The van der Waals surface area contributed by atoms with E-state index in [0.717, 1.165) is 13.2 Å². The van der Waals surface area contributed by atoms with E-state index in [1.54, 1.807) is 0 Å². The molecule has 0 amide bonds. The molecule has 0 unspecified atom stereocenters. The Bertz CT molecular complexity index is 435. The first-order chi connectivity index (χ1) is 6.97. The predicted molar refractivity (Wildman–Crippen MR) is 49.4 cm³/mol. The molecule has 0 bridgehead atoms. The smallest absolute Gasteiger partial charge is 0.341 e. The van der Waals surface area contributed by atoms with Crippen LogP contribution in [0.2, 0.25) is 5.02 Å². The minimum atomic E-state index is -0.993. The van der Waals surface area contributed by atoms with E-state index in [4.69, 9.17) is 11.6 Å². The zero-order valence-corrected chi connectivity index (χ0v) is 8.25. The first-order valence-electron chi connectivity index (χ1n) is 3.69. The monoisotopic (exact) mass is 233 g/mol. The number of nitro benzene ring substituents is 1. The SMILES string of the molecule is COC(=O)c1cc([N+](=O)[O-])c(Cl)cc1F. The van der Waals surface area contributed by atoms with Crippen LogP contribution >= 0.6 is 11.6 Å². The van der Waals surface area contributed by atoms with Crippen LogP contribution in [0.4, 0.5) is 10.1 Å². The van der Waals surface area contributed by atoms with Crippen LogP contribution in [-0.2, 0) is 4.74 Å². The molecule has 0 atom stereocenters. The van der Waals surface area contributed by atoms with Gasteiger partial charge >= 0.3 is 5.97 Å². The molecule has 0 radical (unpaired) electrons. The Morgan fingerprint density at radius 2 is 2.20 bits per heavy atom. The fourth-order valence-electron chi connectivity index (χ4n) is 0.944. The average molecular weight is 234 g/mol. The van der Waals surface area contributed by atoms with Crippen LogP contribution < -0.4 is 0 Å². The summed E-state index contributed by atoms with van der Waals surface area (Å²) in [6, 6.07) is 1.44. The fraction of sp³-hybridized carbons (Fsp3) is 0.125. The number of nitrogens with zero attached hydrogens (tertiary/aromatic N) is 1. The van der Waals surface area contributed by atoms with Gasteiger partial charge in [-0.3, -0.25) is 10.1 Å². The van der Waals surface area contributed by atoms with Crippen molar-refractivity contribution < 1.29 is 18.8 Å². The van der Waals surface area contributed by atoms with Gasteiger partial charge in [-0.25, -0.2) is 9.18 Å². The van der Waals surface area contributed by atoms with Crippen molar-refractivity contribution in [3.63, 3.8) is 0 Å². The minimum absolute atomic E-state index is 0.370. The summed E-state index contributed by atoms with van der Waals surface area (Å²) < 4.78 is 17.4. The number of benzene rings is 1. The number of halogens is 2. The Hall–Kier alpha value is -1.69. The molecule has 0 heterocycles. The quantitative estimate of drug-likeness (QED) is 0.446. The second-order valence-electron chi connectivity index (χ2n) is 2.53. The van der Waals surface area contributed by atoms with E-state index >= 15 is 0 Å². The number of ether oxygens (including phenoxy) is 1. The Kier molecular flexibility index (Phi) is 3.21. The van der Waals surface area contributed by atoms with Gasteiger partial charge in [-0.1, -0.05) is 11.6 Å². The highest BCUT2D eigenvalue weighted by atomic mass is 35.5. The van der Waals surface area contributed by atoms with Crippen molar-refractivity contribution in [1.82, 2.24) is 0 Å². The minimum Gasteiger partial charge on any atom is -0.465 e. The summed E-state index contributed by atoms with van der Waals surface area (Å²) in [5.41, 5.74) is -1.06. The highest BCUT2D eigenvalue weighted by molar-refractivity contribution is 6.32. The van der Waals surface area contributed by atoms with Crippen LogP contribution in [0, 0.1) is 15.9 Å². The third-order valence-corrected chi connectivity index (χ3v) is 1.94. The van der Waals surface area contributed by atoms with Gasteiger partial charge in [0, 0.05) is 12.1 Å². The van der Waals surface area contributed by atoms with Gasteiger partial charge in [0.25, 0.3) is 5.69 Å². The third kappa shape index (κ3) is 2.21. The van der Waals surface area contributed by atoms with Crippen LogP contribution in [0.15, 0.2) is 12.1 Å². The van der Waals surface area contributed by atoms with Crippen molar-refractivity contribution >= 4 is 23.3 Å². The first-order valence-corrected chi connectivity index (χ1v) is 4.07. The molecule has 7 heteroatoms. The van der Waals surface area contributed by atoms with E-state index in [2.05, 4.69) is 4.74 Å². The summed E-state index contributed by atoms with van der Waals surface area (Å²) in [6.45, 7) is 0. The summed E-state index contributed by atoms with van der Waals surface area (Å²) in [4.78, 5) is 20.6. The summed E-state index contributed by atoms with van der Waals surface area (Å²) in [6.07, 6.45) is 0. The maximum atomic E-state index is 13.1. The number of rotatable bonds is 2. The summed E-state index contributed by atoms with van der Waals surface area (Å²) >= 11 is 5.41. The van der Waals surface area contributed by atoms with Gasteiger partial charge in [-0.2, -0.15) is 0 Å². The Labute approximate surface area is 88.6 Å². The highest BCUT2D eigenvalue weighted by Gasteiger charge is 2.21. The van der Waals surface area contributed by atoms with Crippen molar-refractivity contribution in [2.75, 3.05) is 7.11 Å². The lowest BCUT2D eigenvalue weighted by Crippen LogP contribution is -2.05. The summed E-state index contributed by atoms with van der Waals surface area (Å²) in [7, 11) is 1.04. The van der Waals surface area contributed by atoms with Crippen LogP contribution in [0.5, 0.6) is 0 Å². The van der Waals surface area contributed by atoms with Gasteiger partial charge in [-0.15, -0.1) is 0 Å². The maximum absolute atomic E-state index is 13.1. The van der Waals surface area contributed by atoms with Crippen molar-refractivity contribution in [3.05, 3.63) is 38.7 Å². The van der Waals surface area contributed by atoms with Crippen molar-refractivity contribution in [2.24, 2.45) is 0 Å². The number of hydrogen-bond acceptors (Lipinski definition) is 4. The molecule has 1 aromatic carbocycles. The number of carbonyl (C=O) groups is 1. The molecule has 0 saturated carbocycles. The summed E-state index contributed by atoms with van der Waals surface area (Å²) in [5, 5.41) is 10.1. The zero-order chi connectivity index (χ0) is 11.6. The number of esters is 1. The lowest BCUT2D eigenvalue weighted by Gasteiger charge is -2.02. The molecule has 0 N–H and O–H groups in total. The van der Waals surface area contributed by atoms with Crippen molar-refractivity contribution in [2.45, 2.75) is 0 Å². The maximum Gasteiger partial charge on any atom is 0.341 e. The Morgan fingerprint density at radius 3 is 2.67 bits per heavy atom. The second-order valence-corrected chi connectivity index (χ2v) is 2.94. The Balaban J connectivity index is 3.36. The van der Waals surface area contributed by atoms with Crippen molar-refractivity contribution in [3.8, 4) is 0 Å². The molecular formula is C8H5ClFNO4. The molecule has 1 rings (SSSR count). The van der Waals surface area contributed by atoms with E-state index in [0.29, 0.717) is 6.07 Å². The van der Waals surface area contributed by atoms with E-state index in [1.165, 1.54) is 0 Å². The van der Waals surface area contributed by atoms with Crippen LogP contribution in [0.3, 0.4) is 0 Å². The fourth-order valence-corrected chi connectivity index (χ4v) is 1.16. The number of nitro groups is 1. The molecule has 0 aliphatic heterocycles. The number of hydrogen-bond donors (Lipinski definition) is 0. The molecule has 5 nitrogen and oxygen atoms in total. The number of carbonyl (C=O) groups excluding carboxylic acids is 1. The second kappa shape index (κ2) is 4.22. The van der Waals surface area contributed by atoms with E-state index in [1.807, 2.05) is 0 Å². The number of methoxy groups -OCH3 is 1. The van der Waals surface area contributed by atoms with E-state index < -0.39 is 28.0 Å². The largest absolute Gasteiger partial charge is 0.465 e. The molecule has 0 fully saturated rings. The third-order valence-electron chi connectivity index (χ3n) is 1.64. The predicted octanol–water partition coefficient (Wildman–Crippen LogP) is 2.17. The van der Waals surface area contributed by atoms with Crippen LogP contribution in [-0.4, -0.2) is 18.0 Å². The van der Waals surface area contributed by atoms with Gasteiger partial charge in [0.15, 0.2) is 0 Å². The van der Waals surface area contributed by atoms with Gasteiger partial charge in [-0.05, 0) is 0 Å². The average Bonchev–Trinajstić information content (AvgIpc) is 2.16. The molecule has 15 heavy (non-hydrogen) atoms. The van der Waals surface area contributed by atoms with Gasteiger partial charge in [0.2, 0.25) is 0 Å².